The number of aldehydes is 1. The lowest BCUT2D eigenvalue weighted by atomic mass is 9.94. The fourth-order valence-corrected chi connectivity index (χ4v) is 2.46. The second-order valence-corrected chi connectivity index (χ2v) is 6.26. The summed E-state index contributed by atoms with van der Waals surface area (Å²) in [5, 5.41) is 0. The fourth-order valence-electron chi connectivity index (χ4n) is 1.83. The molecule has 98 valence electrons. The lowest BCUT2D eigenvalue weighted by Gasteiger charge is -2.11. The van der Waals surface area contributed by atoms with Gasteiger partial charge < -0.3 is 4.79 Å². The van der Waals surface area contributed by atoms with E-state index in [1.807, 2.05) is 6.07 Å². The highest BCUT2D eigenvalue weighted by Gasteiger charge is 2.14. The van der Waals surface area contributed by atoms with E-state index in [2.05, 4.69) is 4.98 Å². The van der Waals surface area contributed by atoms with Crippen LogP contribution in [0.4, 0.5) is 0 Å². The number of aromatic nitrogens is 1. The molecule has 0 saturated carbocycles. The molecule has 0 aliphatic carbocycles. The number of sulfone groups is 1. The van der Waals surface area contributed by atoms with Gasteiger partial charge in [-0.3, -0.25) is 4.98 Å². The van der Waals surface area contributed by atoms with Crippen LogP contribution in [0.3, 0.4) is 0 Å². The SMILES string of the molecule is CS(=O)(=O)c1ccc(C(C=O)c2cccnc2)cc1. The topological polar surface area (TPSA) is 64.1 Å². The number of carbonyl (C=O) groups is 1. The van der Waals surface area contributed by atoms with Crippen LogP contribution in [0.5, 0.6) is 0 Å². The summed E-state index contributed by atoms with van der Waals surface area (Å²) < 4.78 is 22.7. The van der Waals surface area contributed by atoms with Crippen molar-refractivity contribution in [3.05, 3.63) is 59.9 Å². The molecule has 0 spiro atoms. The van der Waals surface area contributed by atoms with Crippen molar-refractivity contribution in [2.24, 2.45) is 0 Å². The Balaban J connectivity index is 2.38. The van der Waals surface area contributed by atoms with Crippen molar-refractivity contribution < 1.29 is 13.2 Å². The number of rotatable bonds is 4. The Morgan fingerprint density at radius 3 is 2.26 bits per heavy atom. The molecule has 0 N–H and O–H groups in total. The van der Waals surface area contributed by atoms with Crippen LogP contribution in [0.2, 0.25) is 0 Å². The largest absolute Gasteiger partial charge is 0.302 e. The highest BCUT2D eigenvalue weighted by molar-refractivity contribution is 7.90. The summed E-state index contributed by atoms with van der Waals surface area (Å²) in [6.45, 7) is 0. The Hall–Kier alpha value is -2.01. The van der Waals surface area contributed by atoms with Crippen LogP contribution in [0.25, 0.3) is 0 Å². The summed E-state index contributed by atoms with van der Waals surface area (Å²) >= 11 is 0. The van der Waals surface area contributed by atoms with E-state index < -0.39 is 15.8 Å². The predicted octanol–water partition coefficient (Wildman–Crippen LogP) is 1.82. The molecule has 0 saturated heterocycles. The molecule has 2 rings (SSSR count). The summed E-state index contributed by atoms with van der Waals surface area (Å²) in [6, 6.07) is 9.91. The quantitative estimate of drug-likeness (QED) is 0.798. The van der Waals surface area contributed by atoms with Gasteiger partial charge in [0, 0.05) is 18.6 Å². The van der Waals surface area contributed by atoms with Gasteiger partial charge in [0.2, 0.25) is 0 Å². The molecule has 5 heteroatoms. The lowest BCUT2D eigenvalue weighted by Crippen LogP contribution is -2.04. The molecule has 0 amide bonds. The van der Waals surface area contributed by atoms with Gasteiger partial charge in [-0.1, -0.05) is 18.2 Å². The van der Waals surface area contributed by atoms with Crippen molar-refractivity contribution in [1.82, 2.24) is 4.98 Å². The van der Waals surface area contributed by atoms with E-state index >= 15 is 0 Å². The summed E-state index contributed by atoms with van der Waals surface area (Å²) in [5.74, 6) is -0.428. The molecular weight excluding hydrogens is 262 g/mol. The summed E-state index contributed by atoms with van der Waals surface area (Å²) in [6.07, 6.45) is 5.24. The second-order valence-electron chi connectivity index (χ2n) is 4.24. The maximum Gasteiger partial charge on any atom is 0.175 e. The second kappa shape index (κ2) is 5.32. The number of hydrogen-bond donors (Lipinski definition) is 0. The third kappa shape index (κ3) is 3.06. The Morgan fingerprint density at radius 2 is 1.79 bits per heavy atom. The molecular formula is C14H13NO3S. The van der Waals surface area contributed by atoms with Crippen LogP contribution in [0.15, 0.2) is 53.7 Å². The molecule has 1 atom stereocenters. The summed E-state index contributed by atoms with van der Waals surface area (Å²) in [5.41, 5.74) is 1.53. The van der Waals surface area contributed by atoms with Gasteiger partial charge in [-0.05, 0) is 29.3 Å². The number of benzene rings is 1. The number of hydrogen-bond acceptors (Lipinski definition) is 4. The first kappa shape index (κ1) is 13.4. The molecule has 0 fully saturated rings. The molecule has 1 aromatic carbocycles. The van der Waals surface area contributed by atoms with E-state index in [4.69, 9.17) is 0 Å². The van der Waals surface area contributed by atoms with Gasteiger partial charge in [-0.15, -0.1) is 0 Å². The molecule has 1 unspecified atom stereocenters. The van der Waals surface area contributed by atoms with Gasteiger partial charge in [0.15, 0.2) is 9.84 Å². The molecule has 0 radical (unpaired) electrons. The van der Waals surface area contributed by atoms with Crippen molar-refractivity contribution in [1.29, 1.82) is 0 Å². The lowest BCUT2D eigenvalue weighted by molar-refractivity contribution is -0.108. The zero-order valence-corrected chi connectivity index (χ0v) is 11.2. The van der Waals surface area contributed by atoms with E-state index in [0.717, 1.165) is 23.7 Å². The van der Waals surface area contributed by atoms with Crippen LogP contribution < -0.4 is 0 Å². The van der Waals surface area contributed by atoms with Gasteiger partial charge in [-0.2, -0.15) is 0 Å². The first-order chi connectivity index (χ1) is 9.02. The molecule has 2 aromatic rings. The Bertz CT molecular complexity index is 664. The van der Waals surface area contributed by atoms with Crippen LogP contribution in [-0.4, -0.2) is 25.9 Å². The first-order valence-corrected chi connectivity index (χ1v) is 7.57. The Kier molecular flexibility index (Phi) is 3.76. The maximum atomic E-state index is 11.4. The average molecular weight is 275 g/mol. The van der Waals surface area contributed by atoms with E-state index in [1.54, 1.807) is 30.6 Å². The van der Waals surface area contributed by atoms with Gasteiger partial charge in [0.05, 0.1) is 10.8 Å². The molecule has 1 aromatic heterocycles. The first-order valence-electron chi connectivity index (χ1n) is 5.67. The van der Waals surface area contributed by atoms with Crippen molar-refractivity contribution >= 4 is 16.1 Å². The van der Waals surface area contributed by atoms with Crippen molar-refractivity contribution in [3.8, 4) is 0 Å². The third-order valence-electron chi connectivity index (χ3n) is 2.85. The van der Waals surface area contributed by atoms with Gasteiger partial charge in [0.25, 0.3) is 0 Å². The van der Waals surface area contributed by atoms with Crippen molar-refractivity contribution in [3.63, 3.8) is 0 Å². The molecule has 4 nitrogen and oxygen atoms in total. The maximum absolute atomic E-state index is 11.4. The molecule has 0 bridgehead atoms. The van der Waals surface area contributed by atoms with Crippen LogP contribution in [0, 0.1) is 0 Å². The summed E-state index contributed by atoms with van der Waals surface area (Å²) in [4.78, 5) is 15.5. The van der Waals surface area contributed by atoms with E-state index in [1.165, 1.54) is 12.1 Å². The molecule has 19 heavy (non-hydrogen) atoms. The zero-order valence-electron chi connectivity index (χ0n) is 10.4. The number of nitrogens with zero attached hydrogens (tertiary/aromatic N) is 1. The van der Waals surface area contributed by atoms with E-state index in [9.17, 15) is 13.2 Å². The van der Waals surface area contributed by atoms with Crippen LogP contribution in [-0.2, 0) is 14.6 Å². The Morgan fingerprint density at radius 1 is 1.11 bits per heavy atom. The summed E-state index contributed by atoms with van der Waals surface area (Å²) in [7, 11) is -3.22. The van der Waals surface area contributed by atoms with Crippen molar-refractivity contribution in [2.45, 2.75) is 10.8 Å². The minimum Gasteiger partial charge on any atom is -0.302 e. The molecule has 0 aliphatic rings. The normalized spacial score (nSPS) is 12.9. The van der Waals surface area contributed by atoms with Gasteiger partial charge in [0.1, 0.15) is 6.29 Å². The van der Waals surface area contributed by atoms with Gasteiger partial charge >= 0.3 is 0 Å². The monoisotopic (exact) mass is 275 g/mol. The minimum absolute atomic E-state index is 0.243. The van der Waals surface area contributed by atoms with Crippen molar-refractivity contribution in [2.75, 3.05) is 6.26 Å². The molecule has 1 heterocycles. The fraction of sp³-hybridized carbons (Fsp3) is 0.143. The Labute approximate surface area is 112 Å². The van der Waals surface area contributed by atoms with Crippen LogP contribution >= 0.6 is 0 Å². The minimum atomic E-state index is -3.22. The standard InChI is InChI=1S/C14H13NO3S/c1-19(17,18)13-6-4-11(5-7-13)14(10-16)12-3-2-8-15-9-12/h2-10,14H,1H3. The number of pyridine rings is 1. The van der Waals surface area contributed by atoms with E-state index in [-0.39, 0.29) is 4.90 Å². The third-order valence-corrected chi connectivity index (χ3v) is 3.98. The van der Waals surface area contributed by atoms with E-state index in [0.29, 0.717) is 0 Å². The highest BCUT2D eigenvalue weighted by atomic mass is 32.2. The smallest absolute Gasteiger partial charge is 0.175 e. The van der Waals surface area contributed by atoms with Crippen LogP contribution in [0.1, 0.15) is 17.0 Å². The predicted molar refractivity (Wildman–Crippen MR) is 71.7 cm³/mol. The van der Waals surface area contributed by atoms with Gasteiger partial charge in [-0.25, -0.2) is 8.42 Å². The number of carbonyl (C=O) groups excluding carboxylic acids is 1. The zero-order chi connectivity index (χ0) is 13.9. The molecule has 0 aliphatic heterocycles. The highest BCUT2D eigenvalue weighted by Crippen LogP contribution is 2.23. The average Bonchev–Trinajstić information content (AvgIpc) is 2.40.